The number of hydrogen-bond donors (Lipinski definition) is 2. The van der Waals surface area contributed by atoms with Gasteiger partial charge in [0.15, 0.2) is 0 Å². The van der Waals surface area contributed by atoms with E-state index in [0.29, 0.717) is 28.1 Å². The molecular formula is C14H18ClN5OS. The number of nitrogens with zero attached hydrogens (tertiary/aromatic N) is 3. The summed E-state index contributed by atoms with van der Waals surface area (Å²) in [4.78, 5) is 23.0. The van der Waals surface area contributed by atoms with Gasteiger partial charge in [0.1, 0.15) is 17.5 Å². The Labute approximate surface area is 138 Å². The van der Waals surface area contributed by atoms with Crippen LogP contribution in [0.2, 0.25) is 4.34 Å². The molecule has 0 radical (unpaired) electrons. The van der Waals surface area contributed by atoms with E-state index in [-0.39, 0.29) is 5.91 Å². The zero-order valence-electron chi connectivity index (χ0n) is 12.7. The minimum atomic E-state index is -0.119. The molecule has 0 aliphatic heterocycles. The number of carbonyl (C=O) groups excluding carboxylic acids is 1. The topological polar surface area (TPSA) is 70.2 Å². The number of carbonyl (C=O) groups is 1. The van der Waals surface area contributed by atoms with Gasteiger partial charge in [-0.1, -0.05) is 11.6 Å². The van der Waals surface area contributed by atoms with Crippen LogP contribution in [0.5, 0.6) is 0 Å². The van der Waals surface area contributed by atoms with Crippen LogP contribution in [0.25, 0.3) is 0 Å². The minimum Gasteiger partial charge on any atom is -0.368 e. The zero-order chi connectivity index (χ0) is 16.1. The predicted octanol–water partition coefficient (Wildman–Crippen LogP) is 2.41. The maximum absolute atomic E-state index is 11.8. The van der Waals surface area contributed by atoms with Gasteiger partial charge in [-0.05, 0) is 19.1 Å². The van der Waals surface area contributed by atoms with Crippen molar-refractivity contribution in [1.82, 2.24) is 15.3 Å². The second-order valence-electron chi connectivity index (χ2n) is 4.84. The molecule has 0 atom stereocenters. The third-order valence-electron chi connectivity index (χ3n) is 2.80. The van der Waals surface area contributed by atoms with Crippen molar-refractivity contribution >= 4 is 40.5 Å². The van der Waals surface area contributed by atoms with Gasteiger partial charge in [0.05, 0.1) is 9.21 Å². The van der Waals surface area contributed by atoms with E-state index in [9.17, 15) is 4.79 Å². The average Bonchev–Trinajstić information content (AvgIpc) is 2.89. The Morgan fingerprint density at radius 3 is 2.73 bits per heavy atom. The molecule has 118 valence electrons. The van der Waals surface area contributed by atoms with Gasteiger partial charge >= 0.3 is 0 Å². The maximum Gasteiger partial charge on any atom is 0.261 e. The molecule has 0 bridgehead atoms. The summed E-state index contributed by atoms with van der Waals surface area (Å²) in [5, 5.41) is 6.01. The molecule has 0 saturated carbocycles. The number of amides is 1. The summed E-state index contributed by atoms with van der Waals surface area (Å²) >= 11 is 7.07. The lowest BCUT2D eigenvalue weighted by Gasteiger charge is -2.14. The highest BCUT2D eigenvalue weighted by Gasteiger charge is 2.08. The summed E-state index contributed by atoms with van der Waals surface area (Å²) in [7, 11) is 3.86. The zero-order valence-corrected chi connectivity index (χ0v) is 14.3. The van der Waals surface area contributed by atoms with Crippen LogP contribution in [0.15, 0.2) is 18.2 Å². The van der Waals surface area contributed by atoms with Crippen LogP contribution in [0, 0.1) is 6.92 Å². The molecule has 0 aromatic carbocycles. The molecule has 2 rings (SSSR count). The largest absolute Gasteiger partial charge is 0.368 e. The Hall–Kier alpha value is -1.86. The number of thiophene rings is 1. The second-order valence-corrected chi connectivity index (χ2v) is 6.55. The Kier molecular flexibility index (Phi) is 5.57. The Morgan fingerprint density at radius 2 is 2.09 bits per heavy atom. The van der Waals surface area contributed by atoms with Crippen LogP contribution < -0.4 is 15.5 Å². The summed E-state index contributed by atoms with van der Waals surface area (Å²) in [5.74, 6) is 2.16. The molecule has 1 amide bonds. The first-order chi connectivity index (χ1) is 10.5. The molecule has 2 heterocycles. The van der Waals surface area contributed by atoms with E-state index in [1.807, 2.05) is 32.0 Å². The third kappa shape index (κ3) is 4.57. The van der Waals surface area contributed by atoms with Gasteiger partial charge in [0.2, 0.25) is 0 Å². The molecule has 0 spiro atoms. The van der Waals surface area contributed by atoms with Crippen molar-refractivity contribution in [2.45, 2.75) is 6.92 Å². The van der Waals surface area contributed by atoms with E-state index < -0.39 is 0 Å². The quantitative estimate of drug-likeness (QED) is 0.791. The molecule has 8 heteroatoms. The number of halogens is 1. The maximum atomic E-state index is 11.8. The van der Waals surface area contributed by atoms with Gasteiger partial charge < -0.3 is 15.5 Å². The van der Waals surface area contributed by atoms with Gasteiger partial charge in [0.25, 0.3) is 5.91 Å². The van der Waals surface area contributed by atoms with Crippen molar-refractivity contribution in [2.75, 3.05) is 37.4 Å². The summed E-state index contributed by atoms with van der Waals surface area (Å²) in [6, 6.07) is 5.30. The first kappa shape index (κ1) is 16.5. The molecule has 22 heavy (non-hydrogen) atoms. The number of rotatable bonds is 6. The van der Waals surface area contributed by atoms with Crippen LogP contribution in [0.3, 0.4) is 0 Å². The van der Waals surface area contributed by atoms with Crippen LogP contribution in [-0.4, -0.2) is 43.1 Å². The third-order valence-corrected chi connectivity index (χ3v) is 4.03. The number of nitrogens with one attached hydrogen (secondary N) is 2. The summed E-state index contributed by atoms with van der Waals surface area (Å²) in [6.07, 6.45) is 0. The lowest BCUT2D eigenvalue weighted by atomic mass is 10.4. The van der Waals surface area contributed by atoms with Crippen molar-refractivity contribution in [3.8, 4) is 0 Å². The highest BCUT2D eigenvalue weighted by molar-refractivity contribution is 7.17. The number of anilines is 2. The molecule has 0 fully saturated rings. The van der Waals surface area contributed by atoms with Crippen LogP contribution >= 0.6 is 22.9 Å². The average molecular weight is 340 g/mol. The fraction of sp³-hybridized carbons (Fsp3) is 0.357. The van der Waals surface area contributed by atoms with Gasteiger partial charge in [-0.2, -0.15) is 0 Å². The molecule has 0 aliphatic rings. The van der Waals surface area contributed by atoms with Crippen LogP contribution in [0.1, 0.15) is 15.5 Å². The fourth-order valence-electron chi connectivity index (χ4n) is 1.76. The smallest absolute Gasteiger partial charge is 0.261 e. The standard InChI is InChI=1S/C14H18ClN5OS/c1-9-18-12(8-13(19-9)20(2)3)16-6-7-17-14(21)10-4-5-11(15)22-10/h4-5,8H,6-7H2,1-3H3,(H,17,21)(H,16,18,19). The molecule has 2 aromatic rings. The predicted molar refractivity (Wildman–Crippen MR) is 91.2 cm³/mol. The summed E-state index contributed by atoms with van der Waals surface area (Å²) in [6.45, 7) is 2.92. The summed E-state index contributed by atoms with van der Waals surface area (Å²) in [5.41, 5.74) is 0. The van der Waals surface area contributed by atoms with E-state index >= 15 is 0 Å². The van der Waals surface area contributed by atoms with Crippen LogP contribution in [-0.2, 0) is 0 Å². The molecule has 6 nitrogen and oxygen atoms in total. The first-order valence-electron chi connectivity index (χ1n) is 6.76. The van der Waals surface area contributed by atoms with Crippen LogP contribution in [0.4, 0.5) is 11.6 Å². The monoisotopic (exact) mass is 339 g/mol. The molecule has 2 N–H and O–H groups in total. The fourth-order valence-corrected chi connectivity index (χ4v) is 2.72. The van der Waals surface area contributed by atoms with Crippen molar-refractivity contribution in [2.24, 2.45) is 0 Å². The number of aryl methyl sites for hydroxylation is 1. The highest BCUT2D eigenvalue weighted by atomic mass is 35.5. The van der Waals surface area contributed by atoms with Gasteiger partial charge in [-0.25, -0.2) is 9.97 Å². The SMILES string of the molecule is Cc1nc(NCCNC(=O)c2ccc(Cl)s2)cc(N(C)C)n1. The highest BCUT2D eigenvalue weighted by Crippen LogP contribution is 2.21. The lowest BCUT2D eigenvalue weighted by molar-refractivity contribution is 0.0959. The van der Waals surface area contributed by atoms with Gasteiger partial charge in [0, 0.05) is 33.3 Å². The van der Waals surface area contributed by atoms with Crippen molar-refractivity contribution in [1.29, 1.82) is 0 Å². The van der Waals surface area contributed by atoms with E-state index in [0.717, 1.165) is 11.6 Å². The molecule has 0 saturated heterocycles. The normalized spacial score (nSPS) is 10.4. The Bertz CT molecular complexity index is 658. The molecule has 2 aromatic heterocycles. The minimum absolute atomic E-state index is 0.119. The van der Waals surface area contributed by atoms with Gasteiger partial charge in [-0.3, -0.25) is 4.79 Å². The number of hydrogen-bond acceptors (Lipinski definition) is 6. The second kappa shape index (κ2) is 7.42. The molecular weight excluding hydrogens is 322 g/mol. The van der Waals surface area contributed by atoms with Crippen molar-refractivity contribution < 1.29 is 4.79 Å². The number of aromatic nitrogens is 2. The first-order valence-corrected chi connectivity index (χ1v) is 7.95. The summed E-state index contributed by atoms with van der Waals surface area (Å²) < 4.78 is 0.607. The lowest BCUT2D eigenvalue weighted by Crippen LogP contribution is -2.28. The van der Waals surface area contributed by atoms with E-state index in [1.165, 1.54) is 11.3 Å². The molecule has 0 aliphatic carbocycles. The van der Waals surface area contributed by atoms with Gasteiger partial charge in [-0.15, -0.1) is 11.3 Å². The van der Waals surface area contributed by atoms with E-state index in [4.69, 9.17) is 11.6 Å². The van der Waals surface area contributed by atoms with Crippen molar-refractivity contribution in [3.63, 3.8) is 0 Å². The van der Waals surface area contributed by atoms with E-state index in [2.05, 4.69) is 20.6 Å². The van der Waals surface area contributed by atoms with Crippen molar-refractivity contribution in [3.05, 3.63) is 33.2 Å². The van der Waals surface area contributed by atoms with E-state index in [1.54, 1.807) is 12.1 Å². The molecule has 0 unspecified atom stereocenters. The Morgan fingerprint density at radius 1 is 1.32 bits per heavy atom. The Balaban J connectivity index is 1.82.